The number of aromatic hydroxyl groups is 1. The van der Waals surface area contributed by atoms with Crippen LogP contribution in [-0.2, 0) is 32.4 Å². The first kappa shape index (κ1) is 37.6. The molecule has 1 saturated heterocycles. The maximum absolute atomic E-state index is 13.0. The van der Waals surface area contributed by atoms with Crippen LogP contribution in [0.4, 0.5) is 0 Å². The van der Waals surface area contributed by atoms with Gasteiger partial charge in [-0.1, -0.05) is 37.3 Å². The quantitative estimate of drug-likeness (QED) is 0.121. The molecule has 0 spiro atoms. The molecule has 1 atom stereocenters. The third-order valence-electron chi connectivity index (χ3n) is 10.2. The lowest BCUT2D eigenvalue weighted by Gasteiger charge is -2.29. The van der Waals surface area contributed by atoms with Crippen molar-refractivity contribution >= 4 is 38.3 Å². The molecule has 0 bridgehead atoms. The van der Waals surface area contributed by atoms with E-state index in [1.54, 1.807) is 47.4 Å². The Morgan fingerprint density at radius 3 is 2.35 bits per heavy atom. The van der Waals surface area contributed by atoms with Crippen LogP contribution in [0.25, 0.3) is 21.9 Å². The first-order valence-electron chi connectivity index (χ1n) is 18.4. The lowest BCUT2D eigenvalue weighted by atomic mass is 9.99. The van der Waals surface area contributed by atoms with E-state index >= 15 is 0 Å². The Morgan fingerprint density at radius 1 is 0.873 bits per heavy atom. The van der Waals surface area contributed by atoms with Crippen molar-refractivity contribution in [3.63, 3.8) is 0 Å². The minimum Gasteiger partial charge on any atom is -0.508 e. The average molecular weight is 762 g/mol. The number of likely N-dealkylation sites (N-methyl/N-ethyl adjacent to an activating group) is 1. The largest absolute Gasteiger partial charge is 0.508 e. The first-order chi connectivity index (χ1) is 26.5. The van der Waals surface area contributed by atoms with Gasteiger partial charge in [0.25, 0.3) is 5.91 Å². The number of carbonyl (C=O) groups is 3. The molecule has 1 unspecified atom stereocenters. The summed E-state index contributed by atoms with van der Waals surface area (Å²) in [6, 6.07) is 28.3. The van der Waals surface area contributed by atoms with Gasteiger partial charge in [-0.25, -0.2) is 8.42 Å². The number of benzene rings is 5. The van der Waals surface area contributed by atoms with Crippen molar-refractivity contribution in [2.75, 3.05) is 32.5 Å². The second-order valence-electron chi connectivity index (χ2n) is 14.0. The summed E-state index contributed by atoms with van der Waals surface area (Å²) in [5.74, 6) is 1.18. The van der Waals surface area contributed by atoms with E-state index in [2.05, 4.69) is 23.2 Å². The van der Waals surface area contributed by atoms with Crippen molar-refractivity contribution < 1.29 is 37.4 Å². The van der Waals surface area contributed by atoms with Crippen LogP contribution >= 0.6 is 0 Å². The van der Waals surface area contributed by atoms with E-state index in [0.717, 1.165) is 65.5 Å². The predicted octanol–water partition coefficient (Wildman–Crippen LogP) is 6.50. The van der Waals surface area contributed by atoms with Gasteiger partial charge in [0.1, 0.15) is 35.6 Å². The highest BCUT2D eigenvalue weighted by Gasteiger charge is 2.39. The third kappa shape index (κ3) is 8.50. The zero-order chi connectivity index (χ0) is 38.7. The molecule has 2 aliphatic heterocycles. The van der Waals surface area contributed by atoms with E-state index in [9.17, 15) is 27.9 Å². The fraction of sp³-hybridized carbons (Fsp3) is 0.279. The second kappa shape index (κ2) is 15.9. The molecule has 5 aromatic carbocycles. The number of aryl methyl sites for hydroxylation is 1. The van der Waals surface area contributed by atoms with Crippen molar-refractivity contribution in [1.29, 1.82) is 0 Å². The van der Waals surface area contributed by atoms with Gasteiger partial charge < -0.3 is 24.4 Å². The summed E-state index contributed by atoms with van der Waals surface area (Å²) in [7, 11) is -3.34. The second-order valence-corrected chi connectivity index (χ2v) is 16.0. The summed E-state index contributed by atoms with van der Waals surface area (Å²) < 4.78 is 36.6. The molecule has 0 aromatic heterocycles. The van der Waals surface area contributed by atoms with Crippen molar-refractivity contribution in [2.45, 2.75) is 50.1 Å². The van der Waals surface area contributed by atoms with Gasteiger partial charge in [0.05, 0.1) is 4.90 Å². The van der Waals surface area contributed by atoms with E-state index in [0.29, 0.717) is 42.4 Å². The molecule has 2 heterocycles. The molecular weight excluding hydrogens is 719 g/mol. The Hall–Kier alpha value is -5.72. The molecule has 1 fully saturated rings. The highest BCUT2D eigenvalue weighted by molar-refractivity contribution is 7.90. The zero-order valence-corrected chi connectivity index (χ0v) is 31.6. The number of rotatable bonds is 14. The van der Waals surface area contributed by atoms with E-state index in [1.165, 1.54) is 6.26 Å². The monoisotopic (exact) mass is 761 g/mol. The number of sulfone groups is 1. The highest BCUT2D eigenvalue weighted by atomic mass is 32.2. The van der Waals surface area contributed by atoms with Crippen molar-refractivity contribution in [2.24, 2.45) is 0 Å². The number of amides is 3. The smallest absolute Gasteiger partial charge is 0.255 e. The van der Waals surface area contributed by atoms with Gasteiger partial charge in [0.15, 0.2) is 9.84 Å². The van der Waals surface area contributed by atoms with Gasteiger partial charge in [-0.05, 0) is 121 Å². The van der Waals surface area contributed by atoms with Crippen molar-refractivity contribution in [3.05, 3.63) is 114 Å². The van der Waals surface area contributed by atoms with E-state index < -0.39 is 21.8 Å². The van der Waals surface area contributed by atoms with Crippen LogP contribution in [0.15, 0.2) is 102 Å². The van der Waals surface area contributed by atoms with Gasteiger partial charge in [0.2, 0.25) is 11.8 Å². The van der Waals surface area contributed by atoms with E-state index in [1.807, 2.05) is 48.5 Å². The lowest BCUT2D eigenvalue weighted by Crippen LogP contribution is -2.52. The molecule has 12 heteroatoms. The zero-order valence-electron chi connectivity index (χ0n) is 30.8. The van der Waals surface area contributed by atoms with Crippen LogP contribution in [0.3, 0.4) is 0 Å². The summed E-state index contributed by atoms with van der Waals surface area (Å²) in [6.07, 6.45) is 3.55. The summed E-state index contributed by atoms with van der Waals surface area (Å²) in [5.41, 5.74) is 4.26. The van der Waals surface area contributed by atoms with E-state index in [4.69, 9.17) is 9.47 Å². The summed E-state index contributed by atoms with van der Waals surface area (Å²) in [6.45, 7) is 5.51. The van der Waals surface area contributed by atoms with Crippen LogP contribution < -0.4 is 14.8 Å². The molecule has 55 heavy (non-hydrogen) atoms. The Bertz CT molecular complexity index is 2360. The molecule has 5 aromatic rings. The van der Waals surface area contributed by atoms with Crippen LogP contribution in [-0.4, -0.2) is 79.6 Å². The SMILES string of the molecule is CCN(CCCc1ccc2c(c1)CN(C1CCC(=O)NC1=O)C2=O)CCOc1ccc(Oc2c(-c3ccc(S(C)(=O)=O)cc3)ccc3cc(O)ccc23)cc1. The Kier molecular flexibility index (Phi) is 10.9. The van der Waals surface area contributed by atoms with Gasteiger partial charge >= 0.3 is 0 Å². The number of nitrogens with one attached hydrogen (secondary N) is 1. The molecule has 0 saturated carbocycles. The highest BCUT2D eigenvalue weighted by Crippen LogP contribution is 2.41. The lowest BCUT2D eigenvalue weighted by molar-refractivity contribution is -0.136. The topological polar surface area (TPSA) is 143 Å². The number of piperidine rings is 1. The van der Waals surface area contributed by atoms with Gasteiger partial charge in [0, 0.05) is 42.3 Å². The maximum Gasteiger partial charge on any atom is 0.255 e. The van der Waals surface area contributed by atoms with Gasteiger partial charge in [-0.15, -0.1) is 0 Å². The molecule has 0 radical (unpaired) electrons. The van der Waals surface area contributed by atoms with Crippen molar-refractivity contribution in [1.82, 2.24) is 15.1 Å². The van der Waals surface area contributed by atoms with E-state index in [-0.39, 0.29) is 28.9 Å². The number of nitrogens with zero attached hydrogens (tertiary/aromatic N) is 2. The molecule has 2 N–H and O–H groups in total. The van der Waals surface area contributed by atoms with Crippen LogP contribution in [0, 0.1) is 0 Å². The molecule has 2 aliphatic rings. The van der Waals surface area contributed by atoms with Gasteiger partial charge in [-0.2, -0.15) is 0 Å². The fourth-order valence-corrected chi connectivity index (χ4v) is 7.87. The molecule has 3 amide bonds. The first-order valence-corrected chi connectivity index (χ1v) is 20.3. The molecule has 7 rings (SSSR count). The average Bonchev–Trinajstić information content (AvgIpc) is 3.49. The molecule has 11 nitrogen and oxygen atoms in total. The number of imide groups is 1. The normalized spacial score (nSPS) is 15.7. The van der Waals surface area contributed by atoms with Crippen LogP contribution in [0.5, 0.6) is 23.0 Å². The van der Waals surface area contributed by atoms with Crippen LogP contribution in [0.2, 0.25) is 0 Å². The van der Waals surface area contributed by atoms with Gasteiger partial charge in [-0.3, -0.25) is 19.7 Å². The number of hydrogen-bond acceptors (Lipinski definition) is 9. The summed E-state index contributed by atoms with van der Waals surface area (Å²) in [5, 5.41) is 14.0. The molecule has 0 aliphatic carbocycles. The molecular formula is C43H43N3O8S. The number of hydrogen-bond donors (Lipinski definition) is 2. The number of ether oxygens (including phenoxy) is 2. The predicted molar refractivity (Wildman–Crippen MR) is 209 cm³/mol. The Labute approximate surface area is 320 Å². The standard InChI is InChI=1S/C43H43N3O8S/c1-3-45(22-4-5-28-6-17-38-31(25-28)27-46(43(38)50)39-20-21-40(48)44-42(39)49)23-24-53-33-11-13-34(14-12-33)54-41-36(18-9-30-26-32(47)10-19-37(30)41)29-7-15-35(16-8-29)55(2,51)52/h6-19,25-26,39,47H,3-5,20-24,27H2,1-2H3,(H,44,48,49). The number of phenols is 1. The third-order valence-corrected chi connectivity index (χ3v) is 11.4. The summed E-state index contributed by atoms with van der Waals surface area (Å²) >= 11 is 0. The number of carbonyl (C=O) groups excluding carboxylic acids is 3. The Morgan fingerprint density at radius 2 is 1.62 bits per heavy atom. The summed E-state index contributed by atoms with van der Waals surface area (Å²) in [4.78, 5) is 41.1. The minimum absolute atomic E-state index is 0.145. The maximum atomic E-state index is 13.0. The van der Waals surface area contributed by atoms with Crippen LogP contribution in [0.1, 0.15) is 47.7 Å². The molecule has 284 valence electrons. The fourth-order valence-electron chi connectivity index (χ4n) is 7.24. The minimum atomic E-state index is -3.34. The number of phenolic OH excluding ortho intramolecular Hbond substituents is 1. The number of fused-ring (bicyclic) bond motifs is 2. The van der Waals surface area contributed by atoms with Crippen molar-refractivity contribution in [3.8, 4) is 34.1 Å². The Balaban J connectivity index is 0.927.